The summed E-state index contributed by atoms with van der Waals surface area (Å²) in [6.45, 7) is 4.50. The van der Waals surface area contributed by atoms with Crippen molar-refractivity contribution >= 4 is 32.3 Å². The second-order valence-corrected chi connectivity index (χ2v) is 9.04. The number of anilines is 2. The molecule has 0 spiro atoms. The summed E-state index contributed by atoms with van der Waals surface area (Å²) in [6, 6.07) is 11.8. The Hall–Kier alpha value is -3.61. The summed E-state index contributed by atoms with van der Waals surface area (Å²) >= 11 is 0. The molecule has 0 aliphatic rings. The van der Waals surface area contributed by atoms with Crippen LogP contribution in [0.4, 0.5) is 11.4 Å². The van der Waals surface area contributed by atoms with Crippen molar-refractivity contribution in [3.63, 3.8) is 0 Å². The van der Waals surface area contributed by atoms with Crippen LogP contribution >= 0.6 is 0 Å². The van der Waals surface area contributed by atoms with Crippen molar-refractivity contribution in [2.75, 3.05) is 49.6 Å². The van der Waals surface area contributed by atoms with E-state index in [0.717, 1.165) is 5.56 Å². The monoisotopic (exact) mass is 482 g/mol. The number of nitrogens with zero attached hydrogens (tertiary/aromatic N) is 2. The first-order valence-electron chi connectivity index (χ1n) is 10.6. The van der Waals surface area contributed by atoms with E-state index in [1.54, 1.807) is 24.4 Å². The largest absolute Gasteiger partial charge is 0.382 e. The van der Waals surface area contributed by atoms with E-state index in [-0.39, 0.29) is 10.5 Å². The highest BCUT2D eigenvalue weighted by Crippen LogP contribution is 2.30. The van der Waals surface area contributed by atoms with Crippen LogP contribution in [-0.4, -0.2) is 52.9 Å². The summed E-state index contributed by atoms with van der Waals surface area (Å²) in [5.41, 5.74) is 8.15. The fourth-order valence-corrected chi connectivity index (χ4v) is 4.50. The van der Waals surface area contributed by atoms with Crippen LogP contribution in [0.2, 0.25) is 0 Å². The number of sulfonamides is 1. The SMILES string of the molecule is Cc1ccc(NS(=O)(=O)c2ccc(NCCOCCOCCN)c(C#N)c2)c2[nH]cc(C#N)c12. The molecule has 1 heterocycles. The van der Waals surface area contributed by atoms with E-state index >= 15 is 0 Å². The van der Waals surface area contributed by atoms with Crippen molar-refractivity contribution in [1.82, 2.24) is 4.98 Å². The molecule has 3 aromatic rings. The van der Waals surface area contributed by atoms with Gasteiger partial charge in [-0.1, -0.05) is 6.07 Å². The normalized spacial score (nSPS) is 11.2. The van der Waals surface area contributed by atoms with Crippen LogP contribution in [0, 0.1) is 29.6 Å². The third kappa shape index (κ3) is 5.84. The summed E-state index contributed by atoms with van der Waals surface area (Å²) in [6.07, 6.45) is 1.54. The Kier molecular flexibility index (Phi) is 8.46. The Morgan fingerprint density at radius 2 is 1.71 bits per heavy atom. The van der Waals surface area contributed by atoms with E-state index in [4.69, 9.17) is 15.2 Å². The van der Waals surface area contributed by atoms with Crippen molar-refractivity contribution in [3.05, 3.63) is 53.2 Å². The highest BCUT2D eigenvalue weighted by Gasteiger charge is 2.19. The molecule has 34 heavy (non-hydrogen) atoms. The zero-order valence-electron chi connectivity index (χ0n) is 18.7. The molecule has 3 rings (SSSR count). The van der Waals surface area contributed by atoms with Gasteiger partial charge < -0.3 is 25.5 Å². The van der Waals surface area contributed by atoms with Gasteiger partial charge in [-0.3, -0.25) is 4.72 Å². The van der Waals surface area contributed by atoms with Gasteiger partial charge in [0.25, 0.3) is 10.0 Å². The Balaban J connectivity index is 1.70. The number of nitrogens with one attached hydrogen (secondary N) is 3. The molecule has 0 aliphatic heterocycles. The number of rotatable bonds is 12. The van der Waals surface area contributed by atoms with Crippen LogP contribution in [0.25, 0.3) is 10.9 Å². The molecule has 0 radical (unpaired) electrons. The number of hydrogen-bond acceptors (Lipinski definition) is 8. The molecule has 0 aliphatic carbocycles. The van der Waals surface area contributed by atoms with Crippen LogP contribution in [-0.2, 0) is 19.5 Å². The van der Waals surface area contributed by atoms with Crippen molar-refractivity contribution in [2.24, 2.45) is 5.73 Å². The van der Waals surface area contributed by atoms with Gasteiger partial charge in [-0.25, -0.2) is 8.42 Å². The van der Waals surface area contributed by atoms with Gasteiger partial charge in [0.15, 0.2) is 0 Å². The first-order chi connectivity index (χ1) is 16.4. The summed E-state index contributed by atoms with van der Waals surface area (Å²) < 4.78 is 39.3. The third-order valence-electron chi connectivity index (χ3n) is 5.03. The second-order valence-electron chi connectivity index (χ2n) is 7.36. The highest BCUT2D eigenvalue weighted by molar-refractivity contribution is 7.92. The molecule has 0 atom stereocenters. The number of aromatic nitrogens is 1. The van der Waals surface area contributed by atoms with Crippen LogP contribution < -0.4 is 15.8 Å². The molecule has 0 saturated heterocycles. The molecule has 1 aromatic heterocycles. The molecule has 0 bridgehead atoms. The first-order valence-corrected chi connectivity index (χ1v) is 12.1. The molecular weight excluding hydrogens is 456 g/mol. The van der Waals surface area contributed by atoms with Gasteiger partial charge in [0.05, 0.1) is 59.3 Å². The number of aryl methyl sites for hydroxylation is 1. The van der Waals surface area contributed by atoms with Crippen LogP contribution in [0.1, 0.15) is 16.7 Å². The predicted molar refractivity (Wildman–Crippen MR) is 129 cm³/mol. The molecule has 178 valence electrons. The van der Waals surface area contributed by atoms with E-state index in [0.29, 0.717) is 67.4 Å². The Morgan fingerprint density at radius 1 is 1.00 bits per heavy atom. The summed E-state index contributed by atoms with van der Waals surface area (Å²) in [5.74, 6) is 0. The minimum Gasteiger partial charge on any atom is -0.382 e. The number of ether oxygens (including phenoxy) is 2. The lowest BCUT2D eigenvalue weighted by atomic mass is 10.1. The maximum atomic E-state index is 13.0. The van der Waals surface area contributed by atoms with Crippen LogP contribution in [0.5, 0.6) is 0 Å². The molecule has 0 saturated carbocycles. The van der Waals surface area contributed by atoms with Gasteiger partial charge in [-0.05, 0) is 36.8 Å². The standard InChI is InChI=1S/C23H26N6O4S/c1-16-2-4-21(23-22(16)18(14-26)15-28-23)29-34(30,31)19-3-5-20(17(12-19)13-25)27-7-9-33-11-10-32-8-6-24/h2-5,12,15,27-29H,6-11,24H2,1H3. The van der Waals surface area contributed by atoms with Crippen molar-refractivity contribution < 1.29 is 17.9 Å². The van der Waals surface area contributed by atoms with Gasteiger partial charge in [-0.2, -0.15) is 10.5 Å². The van der Waals surface area contributed by atoms with Crippen molar-refractivity contribution in [3.8, 4) is 12.1 Å². The maximum absolute atomic E-state index is 13.0. The molecule has 10 nitrogen and oxygen atoms in total. The maximum Gasteiger partial charge on any atom is 0.262 e. The molecule has 5 N–H and O–H groups in total. The molecule has 0 fully saturated rings. The van der Waals surface area contributed by atoms with Gasteiger partial charge >= 0.3 is 0 Å². The summed E-state index contributed by atoms with van der Waals surface area (Å²) in [7, 11) is -3.98. The number of H-pyrrole nitrogens is 1. The predicted octanol–water partition coefficient (Wildman–Crippen LogP) is 2.42. The first kappa shape index (κ1) is 25.0. The van der Waals surface area contributed by atoms with Crippen molar-refractivity contribution in [2.45, 2.75) is 11.8 Å². The van der Waals surface area contributed by atoms with Gasteiger partial charge in [0.2, 0.25) is 0 Å². The van der Waals surface area contributed by atoms with E-state index in [2.05, 4.69) is 21.1 Å². The number of nitrogens with two attached hydrogens (primary N) is 1. The lowest BCUT2D eigenvalue weighted by Crippen LogP contribution is -2.16. The zero-order chi connectivity index (χ0) is 24.6. The lowest BCUT2D eigenvalue weighted by Gasteiger charge is -2.13. The zero-order valence-corrected chi connectivity index (χ0v) is 19.5. The molecular formula is C23H26N6O4S. The molecule has 11 heteroatoms. The number of hydrogen-bond donors (Lipinski definition) is 4. The number of benzene rings is 2. The second kappa shape index (κ2) is 11.5. The Morgan fingerprint density at radius 3 is 2.41 bits per heavy atom. The van der Waals surface area contributed by atoms with Crippen LogP contribution in [0.15, 0.2) is 41.4 Å². The Bertz CT molecular complexity index is 1340. The average molecular weight is 483 g/mol. The van der Waals surface area contributed by atoms with Gasteiger partial charge in [0.1, 0.15) is 12.1 Å². The Labute approximate surface area is 198 Å². The highest BCUT2D eigenvalue weighted by atomic mass is 32.2. The summed E-state index contributed by atoms with van der Waals surface area (Å²) in [4.78, 5) is 2.91. The minimum atomic E-state index is -3.98. The molecule has 0 amide bonds. The number of aromatic amines is 1. The third-order valence-corrected chi connectivity index (χ3v) is 6.39. The number of nitriles is 2. The fourth-order valence-electron chi connectivity index (χ4n) is 3.40. The molecule has 0 unspecified atom stereocenters. The van der Waals surface area contributed by atoms with E-state index in [1.165, 1.54) is 12.1 Å². The van der Waals surface area contributed by atoms with Crippen LogP contribution in [0.3, 0.4) is 0 Å². The average Bonchev–Trinajstić information content (AvgIpc) is 3.28. The summed E-state index contributed by atoms with van der Waals surface area (Å²) in [5, 5.41) is 22.6. The minimum absolute atomic E-state index is 0.0521. The molecule has 2 aromatic carbocycles. The topological polar surface area (TPSA) is 166 Å². The van der Waals surface area contributed by atoms with Gasteiger partial charge in [0, 0.05) is 24.7 Å². The smallest absolute Gasteiger partial charge is 0.262 e. The quantitative estimate of drug-likeness (QED) is 0.286. The van der Waals surface area contributed by atoms with E-state index < -0.39 is 10.0 Å². The number of fused-ring (bicyclic) bond motifs is 1. The lowest BCUT2D eigenvalue weighted by molar-refractivity contribution is 0.0548. The van der Waals surface area contributed by atoms with Crippen molar-refractivity contribution in [1.29, 1.82) is 10.5 Å². The fraction of sp³-hybridized carbons (Fsp3) is 0.304. The van der Waals surface area contributed by atoms with Gasteiger partial charge in [-0.15, -0.1) is 0 Å². The van der Waals surface area contributed by atoms with E-state index in [9.17, 15) is 18.9 Å². The van der Waals surface area contributed by atoms with E-state index in [1.807, 2.05) is 13.0 Å².